The zero-order valence-electron chi connectivity index (χ0n) is 15.4. The summed E-state index contributed by atoms with van der Waals surface area (Å²) in [6.07, 6.45) is 6.53. The number of hydrogen-bond donors (Lipinski definition) is 2. The summed E-state index contributed by atoms with van der Waals surface area (Å²) in [4.78, 5) is 12.4. The third-order valence-corrected chi connectivity index (χ3v) is 6.10. The quantitative estimate of drug-likeness (QED) is 0.757. The summed E-state index contributed by atoms with van der Waals surface area (Å²) in [5.74, 6) is 0.488. The fourth-order valence-electron chi connectivity index (χ4n) is 3.47. The average molecular weight is 374 g/mol. The number of benzene rings is 1. The zero-order chi connectivity index (χ0) is 18.5. The predicted octanol–water partition coefficient (Wildman–Crippen LogP) is 3.51. The highest BCUT2D eigenvalue weighted by molar-refractivity contribution is 7.99. The molecule has 1 aromatic heterocycles. The minimum atomic E-state index is 0.0786. The van der Waals surface area contributed by atoms with E-state index in [2.05, 4.69) is 28.5 Å². The van der Waals surface area contributed by atoms with Crippen molar-refractivity contribution >= 4 is 23.4 Å². The van der Waals surface area contributed by atoms with Crippen molar-refractivity contribution in [3.63, 3.8) is 0 Å². The van der Waals surface area contributed by atoms with E-state index in [4.69, 9.17) is 5.73 Å². The molecule has 3 rings (SSSR count). The number of amides is 1. The Morgan fingerprint density at radius 2 is 2.31 bits per heavy atom. The summed E-state index contributed by atoms with van der Waals surface area (Å²) < 4.78 is 1.90. The van der Waals surface area contributed by atoms with E-state index in [9.17, 15) is 4.79 Å². The summed E-state index contributed by atoms with van der Waals surface area (Å²) in [5.41, 5.74) is 8.02. The van der Waals surface area contributed by atoms with Gasteiger partial charge >= 0.3 is 0 Å². The summed E-state index contributed by atoms with van der Waals surface area (Å²) in [7, 11) is 1.93. The second kappa shape index (κ2) is 8.68. The number of carbonyl (C=O) groups is 1. The Labute approximate surface area is 158 Å². The van der Waals surface area contributed by atoms with Gasteiger partial charge in [0.25, 0.3) is 0 Å². The number of aromatic nitrogens is 3. The molecule has 2 aromatic rings. The summed E-state index contributed by atoms with van der Waals surface area (Å²) in [5, 5.41) is 12.2. The van der Waals surface area contributed by atoms with Crippen LogP contribution in [0.5, 0.6) is 0 Å². The third-order valence-electron chi connectivity index (χ3n) is 4.89. The molecule has 1 aliphatic carbocycles. The minimum absolute atomic E-state index is 0.0786. The number of carbonyl (C=O) groups excluding carboxylic acids is 1. The number of hydrogen-bond acceptors (Lipinski definition) is 5. The molecular formula is C19H27N5OS. The molecule has 0 saturated heterocycles. The largest absolute Gasteiger partial charge is 0.328 e. The fraction of sp³-hybridized carbons (Fsp3) is 0.526. The van der Waals surface area contributed by atoms with E-state index in [1.54, 1.807) is 18.1 Å². The van der Waals surface area contributed by atoms with Gasteiger partial charge in [-0.1, -0.05) is 30.3 Å². The van der Waals surface area contributed by atoms with Gasteiger partial charge in [0, 0.05) is 30.4 Å². The molecule has 140 valence electrons. The van der Waals surface area contributed by atoms with Crippen LogP contribution in [-0.2, 0) is 11.8 Å². The van der Waals surface area contributed by atoms with Gasteiger partial charge in [-0.2, -0.15) is 0 Å². The number of nitrogens with zero attached hydrogens (tertiary/aromatic N) is 3. The molecule has 1 aliphatic rings. The number of thioether (sulfide) groups is 1. The lowest BCUT2D eigenvalue weighted by Gasteiger charge is -2.26. The molecule has 1 heterocycles. The monoisotopic (exact) mass is 373 g/mol. The molecule has 7 heteroatoms. The van der Waals surface area contributed by atoms with Gasteiger partial charge in [0.05, 0.1) is 0 Å². The molecular weight excluding hydrogens is 346 g/mol. The third kappa shape index (κ3) is 5.08. The first-order valence-corrected chi connectivity index (χ1v) is 10.0. The number of nitrogens with two attached hydrogens (primary N) is 1. The van der Waals surface area contributed by atoms with E-state index >= 15 is 0 Å². The number of anilines is 1. The van der Waals surface area contributed by atoms with Gasteiger partial charge in [-0.25, -0.2) is 0 Å². The first-order chi connectivity index (χ1) is 12.5. The highest BCUT2D eigenvalue weighted by atomic mass is 32.2. The van der Waals surface area contributed by atoms with Crippen molar-refractivity contribution in [3.05, 3.63) is 36.2 Å². The van der Waals surface area contributed by atoms with Crippen LogP contribution in [0.25, 0.3) is 0 Å². The molecule has 26 heavy (non-hydrogen) atoms. The molecule has 1 aromatic carbocycles. The van der Waals surface area contributed by atoms with Crippen LogP contribution in [0.1, 0.15) is 49.8 Å². The van der Waals surface area contributed by atoms with Crippen LogP contribution >= 0.6 is 11.8 Å². The Kier molecular flexibility index (Phi) is 6.32. The van der Waals surface area contributed by atoms with Gasteiger partial charge in [0.2, 0.25) is 5.91 Å². The van der Waals surface area contributed by atoms with E-state index in [-0.39, 0.29) is 17.2 Å². The molecule has 1 fully saturated rings. The highest BCUT2D eigenvalue weighted by Crippen LogP contribution is 2.34. The molecule has 1 saturated carbocycles. The SMILES string of the molecule is CC(Sc1nncn1C)c1cccc(NC(=O)C[C@@H]2CCC[C@H](N)C2)c1. The maximum Gasteiger partial charge on any atom is 0.224 e. The lowest BCUT2D eigenvalue weighted by atomic mass is 9.84. The van der Waals surface area contributed by atoms with Crippen molar-refractivity contribution in [2.45, 2.75) is 55.5 Å². The Morgan fingerprint density at radius 3 is 3.04 bits per heavy atom. The van der Waals surface area contributed by atoms with Gasteiger partial charge < -0.3 is 15.6 Å². The topological polar surface area (TPSA) is 85.8 Å². The molecule has 3 atom stereocenters. The average Bonchev–Trinajstić information content (AvgIpc) is 3.00. The van der Waals surface area contributed by atoms with Crippen LogP contribution in [0, 0.1) is 5.92 Å². The van der Waals surface area contributed by atoms with E-state index in [0.717, 1.165) is 42.1 Å². The van der Waals surface area contributed by atoms with E-state index < -0.39 is 0 Å². The Balaban J connectivity index is 1.58. The van der Waals surface area contributed by atoms with Crippen molar-refractivity contribution in [1.82, 2.24) is 14.8 Å². The van der Waals surface area contributed by atoms with Gasteiger partial charge in [-0.05, 0) is 49.8 Å². The van der Waals surface area contributed by atoms with E-state index in [1.807, 2.05) is 29.8 Å². The zero-order valence-corrected chi connectivity index (χ0v) is 16.2. The molecule has 1 unspecified atom stereocenters. The van der Waals surface area contributed by atoms with Crippen molar-refractivity contribution < 1.29 is 4.79 Å². The minimum Gasteiger partial charge on any atom is -0.328 e. The normalized spacial score (nSPS) is 21.3. The van der Waals surface area contributed by atoms with E-state index in [0.29, 0.717) is 12.3 Å². The number of rotatable bonds is 6. The lowest BCUT2D eigenvalue weighted by Crippen LogP contribution is -2.29. The van der Waals surface area contributed by atoms with Crippen LogP contribution < -0.4 is 11.1 Å². The second-order valence-electron chi connectivity index (χ2n) is 7.15. The lowest BCUT2D eigenvalue weighted by molar-refractivity contribution is -0.117. The van der Waals surface area contributed by atoms with Crippen LogP contribution in [0.4, 0.5) is 5.69 Å². The van der Waals surface area contributed by atoms with Gasteiger partial charge in [-0.3, -0.25) is 4.79 Å². The summed E-state index contributed by atoms with van der Waals surface area (Å²) >= 11 is 1.65. The van der Waals surface area contributed by atoms with Crippen molar-refractivity contribution in [2.75, 3.05) is 5.32 Å². The van der Waals surface area contributed by atoms with Crippen molar-refractivity contribution in [3.8, 4) is 0 Å². The fourth-order valence-corrected chi connectivity index (χ4v) is 4.37. The van der Waals surface area contributed by atoms with Crippen LogP contribution in [0.2, 0.25) is 0 Å². The van der Waals surface area contributed by atoms with Crippen LogP contribution in [0.15, 0.2) is 35.7 Å². The standard InChI is InChI=1S/C19H27N5OS/c1-13(26-19-23-21-12-24(19)2)15-6-4-8-17(11-15)22-18(25)10-14-5-3-7-16(20)9-14/h4,6,8,11-14,16H,3,5,7,9-10,20H2,1-2H3,(H,22,25)/t13?,14-,16+/m1/s1. The maximum atomic E-state index is 12.4. The van der Waals surface area contributed by atoms with Gasteiger partial charge in [-0.15, -0.1) is 10.2 Å². The molecule has 0 radical (unpaired) electrons. The Hall–Kier alpha value is -1.86. The highest BCUT2D eigenvalue weighted by Gasteiger charge is 2.21. The van der Waals surface area contributed by atoms with Crippen molar-refractivity contribution in [2.24, 2.45) is 18.7 Å². The first-order valence-electron chi connectivity index (χ1n) is 9.17. The molecule has 1 amide bonds. The maximum absolute atomic E-state index is 12.4. The number of nitrogens with one attached hydrogen (secondary N) is 1. The first kappa shape index (κ1) is 18.9. The number of aryl methyl sites for hydroxylation is 1. The van der Waals surface area contributed by atoms with E-state index in [1.165, 1.54) is 0 Å². The summed E-state index contributed by atoms with van der Waals surface area (Å²) in [6.45, 7) is 2.13. The molecule has 0 aliphatic heterocycles. The van der Waals surface area contributed by atoms with Gasteiger partial charge in [0.15, 0.2) is 5.16 Å². The van der Waals surface area contributed by atoms with Crippen molar-refractivity contribution in [1.29, 1.82) is 0 Å². The second-order valence-corrected chi connectivity index (χ2v) is 8.46. The molecule has 3 N–H and O–H groups in total. The molecule has 0 spiro atoms. The van der Waals surface area contributed by atoms with Gasteiger partial charge in [0.1, 0.15) is 6.33 Å². The van der Waals surface area contributed by atoms with Crippen LogP contribution in [-0.4, -0.2) is 26.7 Å². The Bertz CT molecular complexity index is 747. The predicted molar refractivity (Wildman–Crippen MR) is 105 cm³/mol. The molecule has 6 nitrogen and oxygen atoms in total. The Morgan fingerprint density at radius 1 is 1.46 bits per heavy atom. The molecule has 0 bridgehead atoms. The van der Waals surface area contributed by atoms with Crippen LogP contribution in [0.3, 0.4) is 0 Å². The summed E-state index contributed by atoms with van der Waals surface area (Å²) in [6, 6.07) is 8.29. The smallest absolute Gasteiger partial charge is 0.224 e.